The number of aromatic nitrogens is 1. The Hall–Kier alpha value is -1.76. The summed E-state index contributed by atoms with van der Waals surface area (Å²) in [4.78, 5) is 4.21. The van der Waals surface area contributed by atoms with E-state index < -0.39 is 0 Å². The van der Waals surface area contributed by atoms with E-state index in [1.807, 2.05) is 0 Å². The van der Waals surface area contributed by atoms with Gasteiger partial charge in [0.15, 0.2) is 0 Å². The zero-order chi connectivity index (χ0) is 12.3. The molecule has 1 fully saturated rings. The molecule has 3 N–H and O–H groups in total. The maximum atomic E-state index is 9.04. The second-order valence-electron chi connectivity index (χ2n) is 4.71. The van der Waals surface area contributed by atoms with Gasteiger partial charge in [-0.15, -0.1) is 0 Å². The minimum atomic E-state index is 0.408. The fourth-order valence-corrected chi connectivity index (χ4v) is 1.96. The Labute approximate surface area is 102 Å². The van der Waals surface area contributed by atoms with Crippen LogP contribution >= 0.6 is 0 Å². The normalized spacial score (nSPS) is 16.2. The van der Waals surface area contributed by atoms with Gasteiger partial charge in [-0.2, -0.15) is 5.26 Å². The third kappa shape index (κ3) is 3.10. The zero-order valence-corrected chi connectivity index (χ0v) is 10.1. The van der Waals surface area contributed by atoms with E-state index in [-0.39, 0.29) is 0 Å². The second-order valence-corrected chi connectivity index (χ2v) is 4.71. The number of hydrogen-bond donors (Lipinski definition) is 2. The minimum Gasteiger partial charge on any atom is -0.397 e. The Morgan fingerprint density at radius 1 is 1.65 bits per heavy atom. The number of nitriles is 1. The number of nitrogens with zero attached hydrogens (tertiary/aromatic N) is 2. The predicted octanol–water partition coefficient (Wildman–Crippen LogP) is 2.53. The highest BCUT2D eigenvalue weighted by Crippen LogP contribution is 2.34. The van der Waals surface area contributed by atoms with Gasteiger partial charge in [0.05, 0.1) is 17.4 Å². The lowest BCUT2D eigenvalue weighted by Crippen LogP contribution is -2.20. The van der Waals surface area contributed by atoms with Gasteiger partial charge in [0.1, 0.15) is 11.9 Å². The molecule has 1 aromatic heterocycles. The van der Waals surface area contributed by atoms with E-state index in [1.165, 1.54) is 19.3 Å². The second kappa shape index (κ2) is 5.05. The molecule has 0 spiro atoms. The van der Waals surface area contributed by atoms with Gasteiger partial charge < -0.3 is 11.1 Å². The quantitative estimate of drug-likeness (QED) is 0.815. The number of anilines is 2. The highest BCUT2D eigenvalue weighted by molar-refractivity contribution is 5.57. The van der Waals surface area contributed by atoms with E-state index in [4.69, 9.17) is 11.0 Å². The van der Waals surface area contributed by atoms with Crippen LogP contribution in [0.3, 0.4) is 0 Å². The summed E-state index contributed by atoms with van der Waals surface area (Å²) in [5, 5.41) is 12.4. The molecule has 0 aliphatic heterocycles. The summed E-state index contributed by atoms with van der Waals surface area (Å²) in [6, 6.07) is 4.20. The van der Waals surface area contributed by atoms with Crippen molar-refractivity contribution in [1.29, 1.82) is 5.26 Å². The Morgan fingerprint density at radius 2 is 2.41 bits per heavy atom. The fraction of sp³-hybridized carbons (Fsp3) is 0.538. The summed E-state index contributed by atoms with van der Waals surface area (Å²) in [5.74, 6) is 1.53. The van der Waals surface area contributed by atoms with Crippen LogP contribution in [-0.2, 0) is 0 Å². The molecule has 1 heterocycles. The molecule has 1 saturated carbocycles. The first-order valence-corrected chi connectivity index (χ1v) is 6.15. The summed E-state index contributed by atoms with van der Waals surface area (Å²) < 4.78 is 0. The van der Waals surface area contributed by atoms with Crippen molar-refractivity contribution >= 4 is 11.5 Å². The third-order valence-electron chi connectivity index (χ3n) is 3.18. The summed E-state index contributed by atoms with van der Waals surface area (Å²) in [7, 11) is 0. The maximum Gasteiger partial charge on any atom is 0.144 e. The van der Waals surface area contributed by atoms with E-state index in [9.17, 15) is 0 Å². The van der Waals surface area contributed by atoms with Crippen LogP contribution in [0.4, 0.5) is 11.5 Å². The van der Waals surface area contributed by atoms with Crippen molar-refractivity contribution in [2.75, 3.05) is 11.1 Å². The van der Waals surface area contributed by atoms with Crippen molar-refractivity contribution in [3.05, 3.63) is 17.8 Å². The first-order chi connectivity index (χ1) is 8.22. The van der Waals surface area contributed by atoms with E-state index in [2.05, 4.69) is 23.3 Å². The molecule has 4 nitrogen and oxygen atoms in total. The first-order valence-electron chi connectivity index (χ1n) is 6.15. The van der Waals surface area contributed by atoms with Crippen LogP contribution in [0.5, 0.6) is 0 Å². The lowest BCUT2D eigenvalue weighted by Gasteiger charge is -2.18. The van der Waals surface area contributed by atoms with Crippen molar-refractivity contribution in [3.63, 3.8) is 0 Å². The molecule has 17 heavy (non-hydrogen) atoms. The molecule has 2 rings (SSSR count). The molecule has 0 amide bonds. The van der Waals surface area contributed by atoms with Crippen LogP contribution in [0, 0.1) is 17.2 Å². The lowest BCUT2D eigenvalue weighted by molar-refractivity contribution is 0.585. The molecule has 0 radical (unpaired) electrons. The topological polar surface area (TPSA) is 74.7 Å². The van der Waals surface area contributed by atoms with Crippen molar-refractivity contribution < 1.29 is 0 Å². The molecule has 0 saturated heterocycles. The molecular weight excluding hydrogens is 212 g/mol. The number of hydrogen-bond acceptors (Lipinski definition) is 4. The molecule has 4 heteroatoms. The van der Waals surface area contributed by atoms with Gasteiger partial charge >= 0.3 is 0 Å². The van der Waals surface area contributed by atoms with Gasteiger partial charge in [0, 0.05) is 6.04 Å². The monoisotopic (exact) mass is 230 g/mol. The number of pyridine rings is 1. The molecule has 0 bridgehead atoms. The molecule has 1 atom stereocenters. The van der Waals surface area contributed by atoms with Crippen LogP contribution < -0.4 is 11.1 Å². The van der Waals surface area contributed by atoms with Crippen LogP contribution in [0.1, 0.15) is 38.2 Å². The molecule has 1 aliphatic carbocycles. The highest BCUT2D eigenvalue weighted by Gasteiger charge is 2.25. The zero-order valence-electron chi connectivity index (χ0n) is 10.1. The van der Waals surface area contributed by atoms with Gasteiger partial charge in [-0.05, 0) is 24.8 Å². The molecule has 90 valence electrons. The molecular formula is C13H18N4. The molecule has 0 aromatic carbocycles. The van der Waals surface area contributed by atoms with Gasteiger partial charge in [-0.1, -0.05) is 19.8 Å². The summed E-state index contributed by atoms with van der Waals surface area (Å²) in [6.45, 7) is 2.16. The average Bonchev–Trinajstić information content (AvgIpc) is 3.14. The number of nitrogen functional groups attached to an aromatic ring is 1. The SMILES string of the molecule is CCC(CC1CC1)Nc1ncc(N)cc1C#N. The maximum absolute atomic E-state index is 9.04. The van der Waals surface area contributed by atoms with Crippen molar-refractivity contribution in [2.24, 2.45) is 5.92 Å². The largest absolute Gasteiger partial charge is 0.397 e. The van der Waals surface area contributed by atoms with Gasteiger partial charge in [0.25, 0.3) is 0 Å². The van der Waals surface area contributed by atoms with Crippen molar-refractivity contribution in [2.45, 2.75) is 38.6 Å². The fourth-order valence-electron chi connectivity index (χ4n) is 1.96. The number of nitrogens with one attached hydrogen (secondary N) is 1. The third-order valence-corrected chi connectivity index (χ3v) is 3.18. The van der Waals surface area contributed by atoms with E-state index >= 15 is 0 Å². The van der Waals surface area contributed by atoms with Gasteiger partial charge in [-0.25, -0.2) is 4.98 Å². The lowest BCUT2D eigenvalue weighted by atomic mass is 10.1. The van der Waals surface area contributed by atoms with Gasteiger partial charge in [-0.3, -0.25) is 0 Å². The smallest absolute Gasteiger partial charge is 0.144 e. The summed E-state index contributed by atoms with van der Waals surface area (Å²) in [5.41, 5.74) is 6.67. The van der Waals surface area contributed by atoms with Crippen LogP contribution in [0.25, 0.3) is 0 Å². The number of nitrogens with two attached hydrogens (primary N) is 1. The van der Waals surface area contributed by atoms with E-state index in [1.54, 1.807) is 12.3 Å². The van der Waals surface area contributed by atoms with Gasteiger partial charge in [0.2, 0.25) is 0 Å². The van der Waals surface area contributed by atoms with E-state index in [0.717, 1.165) is 12.3 Å². The van der Waals surface area contributed by atoms with Crippen LogP contribution in [0.15, 0.2) is 12.3 Å². The Kier molecular flexibility index (Phi) is 3.48. The Bertz CT molecular complexity index is 432. The van der Waals surface area contributed by atoms with Crippen molar-refractivity contribution in [1.82, 2.24) is 4.98 Å². The highest BCUT2D eigenvalue weighted by atomic mass is 15.0. The molecule has 1 unspecified atom stereocenters. The minimum absolute atomic E-state index is 0.408. The van der Waals surface area contributed by atoms with Crippen LogP contribution in [-0.4, -0.2) is 11.0 Å². The molecule has 1 aliphatic rings. The van der Waals surface area contributed by atoms with Crippen molar-refractivity contribution in [3.8, 4) is 6.07 Å². The van der Waals surface area contributed by atoms with Crippen LogP contribution in [0.2, 0.25) is 0 Å². The Morgan fingerprint density at radius 3 is 3.00 bits per heavy atom. The predicted molar refractivity (Wildman–Crippen MR) is 68.4 cm³/mol. The summed E-state index contributed by atoms with van der Waals surface area (Å²) >= 11 is 0. The Balaban J connectivity index is 2.07. The van der Waals surface area contributed by atoms with E-state index in [0.29, 0.717) is 23.1 Å². The number of rotatable bonds is 5. The standard InChI is InChI=1S/C13H18N4/c1-2-12(5-9-3-4-9)17-13-10(7-14)6-11(15)8-16-13/h6,8-9,12H,2-5,15H2,1H3,(H,16,17). The molecule has 1 aromatic rings. The summed E-state index contributed by atoms with van der Waals surface area (Å²) in [6.07, 6.45) is 6.50. The first kappa shape index (κ1) is 11.7. The average molecular weight is 230 g/mol.